The van der Waals surface area contributed by atoms with Crippen molar-refractivity contribution in [3.05, 3.63) is 36.5 Å². The summed E-state index contributed by atoms with van der Waals surface area (Å²) in [5, 5.41) is 3.18. The summed E-state index contributed by atoms with van der Waals surface area (Å²) in [5.41, 5.74) is 1.57. The van der Waals surface area contributed by atoms with E-state index in [0.717, 1.165) is 37.4 Å². The zero-order valence-electron chi connectivity index (χ0n) is 14.5. The first-order chi connectivity index (χ1) is 12.3. The SMILES string of the molecule is O=C(NC1CCCCC1)c1cc(N2CCCC2)cc(-n2ccnc2)n1. The number of anilines is 1. The van der Waals surface area contributed by atoms with Gasteiger partial charge in [0, 0.05) is 43.3 Å². The number of hydrogen-bond donors (Lipinski definition) is 1. The quantitative estimate of drug-likeness (QED) is 0.930. The highest BCUT2D eigenvalue weighted by Crippen LogP contribution is 2.24. The molecule has 2 aliphatic rings. The molecule has 0 bridgehead atoms. The van der Waals surface area contributed by atoms with Crippen molar-refractivity contribution in [3.63, 3.8) is 0 Å². The van der Waals surface area contributed by atoms with Crippen LogP contribution in [0.5, 0.6) is 0 Å². The third-order valence-corrected chi connectivity index (χ3v) is 5.21. The van der Waals surface area contributed by atoms with Gasteiger partial charge in [-0.15, -0.1) is 0 Å². The summed E-state index contributed by atoms with van der Waals surface area (Å²) in [5.74, 6) is 0.685. The molecule has 6 heteroatoms. The summed E-state index contributed by atoms with van der Waals surface area (Å²) in [7, 11) is 0. The predicted octanol–water partition coefficient (Wildman–Crippen LogP) is 2.93. The second-order valence-corrected chi connectivity index (χ2v) is 7.04. The van der Waals surface area contributed by atoms with Crippen molar-refractivity contribution in [1.82, 2.24) is 19.9 Å². The molecule has 6 nitrogen and oxygen atoms in total. The Hall–Kier alpha value is -2.37. The van der Waals surface area contributed by atoms with Crippen LogP contribution in [0.15, 0.2) is 30.9 Å². The molecule has 1 aliphatic carbocycles. The maximum Gasteiger partial charge on any atom is 0.270 e. The van der Waals surface area contributed by atoms with E-state index in [4.69, 9.17) is 0 Å². The van der Waals surface area contributed by atoms with Gasteiger partial charge in [0.05, 0.1) is 0 Å². The van der Waals surface area contributed by atoms with Crippen LogP contribution in [0.4, 0.5) is 5.69 Å². The molecule has 0 radical (unpaired) electrons. The van der Waals surface area contributed by atoms with E-state index >= 15 is 0 Å². The lowest BCUT2D eigenvalue weighted by atomic mass is 9.95. The van der Waals surface area contributed by atoms with Gasteiger partial charge in [-0.2, -0.15) is 0 Å². The van der Waals surface area contributed by atoms with Gasteiger partial charge in [-0.25, -0.2) is 9.97 Å². The van der Waals surface area contributed by atoms with Crippen LogP contribution in [0.25, 0.3) is 5.82 Å². The topological polar surface area (TPSA) is 63.1 Å². The first-order valence-electron chi connectivity index (χ1n) is 9.36. The Morgan fingerprint density at radius 1 is 1.08 bits per heavy atom. The monoisotopic (exact) mass is 339 g/mol. The Morgan fingerprint density at radius 2 is 1.88 bits per heavy atom. The minimum atomic E-state index is -0.0608. The highest BCUT2D eigenvalue weighted by Gasteiger charge is 2.20. The normalized spacial score (nSPS) is 18.5. The molecule has 1 amide bonds. The third kappa shape index (κ3) is 3.67. The van der Waals surface area contributed by atoms with Crippen LogP contribution in [0.2, 0.25) is 0 Å². The number of carbonyl (C=O) groups excluding carboxylic acids is 1. The fourth-order valence-corrected chi connectivity index (χ4v) is 3.81. The fourth-order valence-electron chi connectivity index (χ4n) is 3.81. The lowest BCUT2D eigenvalue weighted by Gasteiger charge is -2.23. The Kier molecular flexibility index (Phi) is 4.68. The van der Waals surface area contributed by atoms with Crippen LogP contribution in [-0.4, -0.2) is 39.6 Å². The summed E-state index contributed by atoms with van der Waals surface area (Å²) in [6.45, 7) is 2.08. The minimum Gasteiger partial charge on any atom is -0.371 e. The molecule has 4 rings (SSSR count). The van der Waals surface area contributed by atoms with Gasteiger partial charge in [-0.1, -0.05) is 19.3 Å². The number of nitrogens with zero attached hydrogens (tertiary/aromatic N) is 4. The van der Waals surface area contributed by atoms with Gasteiger partial charge in [0.25, 0.3) is 5.91 Å². The van der Waals surface area contributed by atoms with E-state index in [1.165, 1.54) is 32.1 Å². The van der Waals surface area contributed by atoms with Crippen LogP contribution in [0, 0.1) is 0 Å². The Labute approximate surface area is 148 Å². The van der Waals surface area contributed by atoms with Crippen molar-refractivity contribution < 1.29 is 4.79 Å². The van der Waals surface area contributed by atoms with Crippen molar-refractivity contribution in [1.29, 1.82) is 0 Å². The maximum absolute atomic E-state index is 12.8. The van der Waals surface area contributed by atoms with Crippen LogP contribution in [-0.2, 0) is 0 Å². The van der Waals surface area contributed by atoms with Gasteiger partial charge in [0.15, 0.2) is 0 Å². The number of carbonyl (C=O) groups is 1. The molecule has 25 heavy (non-hydrogen) atoms. The molecule has 1 aliphatic heterocycles. The summed E-state index contributed by atoms with van der Waals surface area (Å²) >= 11 is 0. The van der Waals surface area contributed by atoms with Gasteiger partial charge in [0.1, 0.15) is 17.8 Å². The average molecular weight is 339 g/mol. The van der Waals surface area contributed by atoms with Crippen LogP contribution < -0.4 is 10.2 Å². The summed E-state index contributed by atoms with van der Waals surface area (Å²) in [6, 6.07) is 4.27. The first-order valence-corrected chi connectivity index (χ1v) is 9.36. The lowest BCUT2D eigenvalue weighted by molar-refractivity contribution is 0.0922. The minimum absolute atomic E-state index is 0.0608. The zero-order valence-corrected chi connectivity index (χ0v) is 14.5. The van der Waals surface area contributed by atoms with Crippen molar-refractivity contribution in [2.45, 2.75) is 51.0 Å². The molecular formula is C19H25N5O. The van der Waals surface area contributed by atoms with Crippen LogP contribution in [0.3, 0.4) is 0 Å². The molecule has 2 fully saturated rings. The molecule has 0 aromatic carbocycles. The molecule has 3 heterocycles. The van der Waals surface area contributed by atoms with Crippen molar-refractivity contribution >= 4 is 11.6 Å². The van der Waals surface area contributed by atoms with E-state index in [9.17, 15) is 4.79 Å². The Morgan fingerprint density at radius 3 is 2.60 bits per heavy atom. The van der Waals surface area contributed by atoms with Crippen LogP contribution >= 0.6 is 0 Å². The first kappa shape index (κ1) is 16.1. The molecule has 132 valence electrons. The average Bonchev–Trinajstić information content (AvgIpc) is 3.36. The Bertz CT molecular complexity index is 715. The number of hydrogen-bond acceptors (Lipinski definition) is 4. The van der Waals surface area contributed by atoms with Gasteiger partial charge in [-0.3, -0.25) is 9.36 Å². The highest BCUT2D eigenvalue weighted by molar-refractivity contribution is 5.93. The van der Waals surface area contributed by atoms with Gasteiger partial charge < -0.3 is 10.2 Å². The second kappa shape index (κ2) is 7.25. The van der Waals surface area contributed by atoms with Crippen molar-refractivity contribution in [2.24, 2.45) is 0 Å². The van der Waals surface area contributed by atoms with Gasteiger partial charge in [0.2, 0.25) is 0 Å². The largest absolute Gasteiger partial charge is 0.371 e. The lowest BCUT2D eigenvalue weighted by Crippen LogP contribution is -2.36. The number of rotatable bonds is 4. The number of aromatic nitrogens is 3. The van der Waals surface area contributed by atoms with Gasteiger partial charge >= 0.3 is 0 Å². The molecular weight excluding hydrogens is 314 g/mol. The van der Waals surface area contributed by atoms with E-state index in [0.29, 0.717) is 5.69 Å². The fraction of sp³-hybridized carbons (Fsp3) is 0.526. The Balaban J connectivity index is 1.62. The second-order valence-electron chi connectivity index (χ2n) is 7.04. The highest BCUT2D eigenvalue weighted by atomic mass is 16.1. The molecule has 0 atom stereocenters. The maximum atomic E-state index is 12.8. The molecule has 2 aromatic rings. The van der Waals surface area contributed by atoms with E-state index < -0.39 is 0 Å². The number of imidazole rings is 1. The smallest absolute Gasteiger partial charge is 0.270 e. The number of amides is 1. The predicted molar refractivity (Wildman–Crippen MR) is 97.1 cm³/mol. The number of pyridine rings is 1. The standard InChI is InChI=1S/C19H25N5O/c25-19(21-15-6-2-1-3-7-15)17-12-16(23-9-4-5-10-23)13-18(22-17)24-11-8-20-14-24/h8,11-15H,1-7,9-10H2,(H,21,25). The summed E-state index contributed by atoms with van der Waals surface area (Å²) in [6.07, 6.45) is 13.5. The van der Waals surface area contributed by atoms with Gasteiger partial charge in [-0.05, 0) is 31.7 Å². The molecule has 0 unspecified atom stereocenters. The zero-order chi connectivity index (χ0) is 17.1. The van der Waals surface area contributed by atoms with Crippen molar-refractivity contribution in [3.8, 4) is 5.82 Å². The summed E-state index contributed by atoms with van der Waals surface area (Å²) < 4.78 is 1.86. The third-order valence-electron chi connectivity index (χ3n) is 5.21. The molecule has 1 saturated heterocycles. The van der Waals surface area contributed by atoms with E-state index in [2.05, 4.69) is 20.2 Å². The van der Waals surface area contributed by atoms with Crippen LogP contribution in [0.1, 0.15) is 55.4 Å². The molecule has 0 spiro atoms. The van der Waals surface area contributed by atoms with Crippen molar-refractivity contribution in [2.75, 3.05) is 18.0 Å². The molecule has 2 aromatic heterocycles. The number of nitrogens with one attached hydrogen (secondary N) is 1. The molecule has 1 saturated carbocycles. The summed E-state index contributed by atoms with van der Waals surface area (Å²) in [4.78, 5) is 23.8. The molecule has 1 N–H and O–H groups in total. The van der Waals surface area contributed by atoms with E-state index in [-0.39, 0.29) is 11.9 Å². The van der Waals surface area contributed by atoms with E-state index in [1.807, 2.05) is 22.9 Å². The van der Waals surface area contributed by atoms with E-state index in [1.54, 1.807) is 12.5 Å².